The van der Waals surface area contributed by atoms with Crippen LogP contribution in [0, 0.1) is 5.92 Å². The lowest BCUT2D eigenvalue weighted by molar-refractivity contribution is -0.131. The Kier molecular flexibility index (Phi) is 4.84. The zero-order chi connectivity index (χ0) is 19.0. The molecule has 3 aliphatic rings. The van der Waals surface area contributed by atoms with Crippen LogP contribution >= 0.6 is 11.6 Å². The van der Waals surface area contributed by atoms with Gasteiger partial charge in [-0.05, 0) is 43.2 Å². The minimum atomic E-state index is -0.656. The van der Waals surface area contributed by atoms with Crippen molar-refractivity contribution >= 4 is 29.4 Å². The van der Waals surface area contributed by atoms with E-state index in [1.807, 2.05) is 24.3 Å². The molecule has 0 unspecified atom stereocenters. The number of nitrogens with zero attached hydrogens (tertiary/aromatic N) is 1. The number of carbonyl (C=O) groups is 3. The van der Waals surface area contributed by atoms with E-state index < -0.39 is 5.54 Å². The summed E-state index contributed by atoms with van der Waals surface area (Å²) in [7, 11) is 0. The Morgan fingerprint density at radius 1 is 1.26 bits per heavy atom. The maximum atomic E-state index is 12.6. The lowest BCUT2D eigenvalue weighted by Crippen LogP contribution is -2.44. The Bertz CT molecular complexity index is 775. The molecule has 1 saturated heterocycles. The normalized spacial score (nSPS) is 25.7. The first-order chi connectivity index (χ1) is 13.0. The van der Waals surface area contributed by atoms with E-state index in [-0.39, 0.29) is 29.7 Å². The molecule has 2 saturated carbocycles. The molecule has 144 valence electrons. The number of carbonyl (C=O) groups excluding carboxylic acids is 3. The SMILES string of the molecule is O=C(NCCCN1C(=O)NC2(CCCC2)C1=O)[C@H]1C[C@@H]1c1ccccc1Cl. The number of urea groups is 1. The fourth-order valence-electron chi connectivity index (χ4n) is 4.38. The number of hydrogen-bond acceptors (Lipinski definition) is 3. The fourth-order valence-corrected chi connectivity index (χ4v) is 4.66. The highest BCUT2D eigenvalue weighted by Crippen LogP contribution is 2.49. The van der Waals surface area contributed by atoms with Crippen LogP contribution in [-0.4, -0.2) is 41.4 Å². The van der Waals surface area contributed by atoms with Crippen molar-refractivity contribution in [3.8, 4) is 0 Å². The van der Waals surface area contributed by atoms with Crippen molar-refractivity contribution in [2.45, 2.75) is 50.0 Å². The van der Waals surface area contributed by atoms with Gasteiger partial charge in [0.2, 0.25) is 5.91 Å². The molecule has 2 N–H and O–H groups in total. The van der Waals surface area contributed by atoms with Crippen molar-refractivity contribution in [1.29, 1.82) is 0 Å². The average molecular weight is 390 g/mol. The lowest BCUT2D eigenvalue weighted by atomic mass is 9.98. The third-order valence-corrected chi connectivity index (χ3v) is 6.34. The van der Waals surface area contributed by atoms with Gasteiger partial charge in [0, 0.05) is 24.0 Å². The highest BCUT2D eigenvalue weighted by molar-refractivity contribution is 6.31. The summed E-state index contributed by atoms with van der Waals surface area (Å²) in [5.41, 5.74) is 0.372. The average Bonchev–Trinajstić information content (AvgIpc) is 3.25. The molecule has 4 amide bonds. The van der Waals surface area contributed by atoms with Gasteiger partial charge in [0.15, 0.2) is 0 Å². The van der Waals surface area contributed by atoms with Crippen LogP contribution in [0.1, 0.15) is 50.0 Å². The van der Waals surface area contributed by atoms with Gasteiger partial charge in [-0.2, -0.15) is 0 Å². The molecule has 1 heterocycles. The number of hydrogen-bond donors (Lipinski definition) is 2. The highest BCUT2D eigenvalue weighted by atomic mass is 35.5. The Balaban J connectivity index is 1.22. The Hall–Kier alpha value is -2.08. The van der Waals surface area contributed by atoms with E-state index in [9.17, 15) is 14.4 Å². The van der Waals surface area contributed by atoms with Crippen LogP contribution in [0.5, 0.6) is 0 Å². The topological polar surface area (TPSA) is 78.5 Å². The van der Waals surface area contributed by atoms with Crippen molar-refractivity contribution in [2.24, 2.45) is 5.92 Å². The van der Waals surface area contributed by atoms with E-state index >= 15 is 0 Å². The van der Waals surface area contributed by atoms with Gasteiger partial charge in [0.1, 0.15) is 5.54 Å². The van der Waals surface area contributed by atoms with Crippen LogP contribution in [0.15, 0.2) is 24.3 Å². The molecule has 2 aliphatic carbocycles. The van der Waals surface area contributed by atoms with Crippen molar-refractivity contribution < 1.29 is 14.4 Å². The van der Waals surface area contributed by atoms with Gasteiger partial charge < -0.3 is 10.6 Å². The summed E-state index contributed by atoms with van der Waals surface area (Å²) < 4.78 is 0. The van der Waals surface area contributed by atoms with Gasteiger partial charge in [-0.15, -0.1) is 0 Å². The minimum Gasteiger partial charge on any atom is -0.356 e. The van der Waals surface area contributed by atoms with Crippen molar-refractivity contribution in [3.63, 3.8) is 0 Å². The lowest BCUT2D eigenvalue weighted by Gasteiger charge is -2.20. The molecule has 7 heteroatoms. The molecule has 4 rings (SSSR count). The number of rotatable bonds is 6. The molecular formula is C20H24ClN3O3. The van der Waals surface area contributed by atoms with Crippen LogP contribution in [0.4, 0.5) is 4.79 Å². The van der Waals surface area contributed by atoms with Gasteiger partial charge in [-0.3, -0.25) is 14.5 Å². The molecule has 2 atom stereocenters. The molecular weight excluding hydrogens is 366 g/mol. The second kappa shape index (κ2) is 7.15. The zero-order valence-electron chi connectivity index (χ0n) is 15.2. The summed E-state index contributed by atoms with van der Waals surface area (Å²) in [6.07, 6.45) is 4.79. The zero-order valence-corrected chi connectivity index (χ0v) is 15.9. The number of imide groups is 1. The molecule has 1 aromatic carbocycles. The van der Waals surface area contributed by atoms with Crippen LogP contribution in [-0.2, 0) is 9.59 Å². The van der Waals surface area contributed by atoms with Crippen molar-refractivity contribution in [3.05, 3.63) is 34.9 Å². The third-order valence-electron chi connectivity index (χ3n) is 5.99. The minimum absolute atomic E-state index is 0.0179. The highest BCUT2D eigenvalue weighted by Gasteiger charge is 2.52. The number of halogens is 1. The molecule has 1 aliphatic heterocycles. The number of benzene rings is 1. The van der Waals surface area contributed by atoms with E-state index in [1.54, 1.807) is 0 Å². The summed E-state index contributed by atoms with van der Waals surface area (Å²) in [5.74, 6) is 0.0666. The molecule has 27 heavy (non-hydrogen) atoms. The molecule has 3 fully saturated rings. The predicted molar refractivity (Wildman–Crippen MR) is 101 cm³/mol. The summed E-state index contributed by atoms with van der Waals surface area (Å²) in [6, 6.07) is 7.34. The molecule has 1 aromatic rings. The van der Waals surface area contributed by atoms with E-state index in [1.165, 1.54) is 4.90 Å². The van der Waals surface area contributed by atoms with Gasteiger partial charge in [-0.1, -0.05) is 42.6 Å². The monoisotopic (exact) mass is 389 g/mol. The molecule has 1 spiro atoms. The first-order valence-corrected chi connectivity index (χ1v) is 10.1. The number of nitrogens with one attached hydrogen (secondary N) is 2. The van der Waals surface area contributed by atoms with E-state index in [0.717, 1.165) is 37.7 Å². The van der Waals surface area contributed by atoms with E-state index in [0.29, 0.717) is 24.5 Å². The Morgan fingerprint density at radius 2 is 2.00 bits per heavy atom. The van der Waals surface area contributed by atoms with Gasteiger partial charge >= 0.3 is 6.03 Å². The Labute approximate surface area is 163 Å². The predicted octanol–water partition coefficient (Wildman–Crippen LogP) is 2.81. The fraction of sp³-hybridized carbons (Fsp3) is 0.550. The first-order valence-electron chi connectivity index (χ1n) is 9.68. The van der Waals surface area contributed by atoms with Crippen LogP contribution in [0.3, 0.4) is 0 Å². The third kappa shape index (κ3) is 3.43. The molecule has 0 radical (unpaired) electrons. The van der Waals surface area contributed by atoms with E-state index in [2.05, 4.69) is 10.6 Å². The van der Waals surface area contributed by atoms with Gasteiger partial charge in [0.05, 0.1) is 0 Å². The summed E-state index contributed by atoms with van der Waals surface area (Å²) in [6.45, 7) is 0.792. The second-order valence-corrected chi connectivity index (χ2v) is 8.20. The summed E-state index contributed by atoms with van der Waals surface area (Å²) in [4.78, 5) is 38.3. The first kappa shape index (κ1) is 18.3. The van der Waals surface area contributed by atoms with Crippen LogP contribution < -0.4 is 10.6 Å². The molecule has 6 nitrogen and oxygen atoms in total. The van der Waals surface area contributed by atoms with Crippen LogP contribution in [0.25, 0.3) is 0 Å². The smallest absolute Gasteiger partial charge is 0.325 e. The quantitative estimate of drug-likeness (QED) is 0.580. The maximum Gasteiger partial charge on any atom is 0.325 e. The van der Waals surface area contributed by atoms with Crippen molar-refractivity contribution in [2.75, 3.05) is 13.1 Å². The summed E-state index contributed by atoms with van der Waals surface area (Å²) >= 11 is 6.20. The molecule has 0 aromatic heterocycles. The van der Waals surface area contributed by atoms with Gasteiger partial charge in [-0.25, -0.2) is 4.79 Å². The standard InChI is InChI=1S/C20H24ClN3O3/c21-16-7-2-1-6-13(16)14-12-15(14)17(25)22-10-5-11-24-18(26)20(23-19(24)27)8-3-4-9-20/h1-2,6-7,14-15H,3-5,8-12H2,(H,22,25)(H,23,27)/t14-,15+/m1/s1. The Morgan fingerprint density at radius 3 is 2.74 bits per heavy atom. The summed E-state index contributed by atoms with van der Waals surface area (Å²) in [5, 5.41) is 6.51. The van der Waals surface area contributed by atoms with E-state index in [4.69, 9.17) is 11.6 Å². The van der Waals surface area contributed by atoms with Crippen LogP contribution in [0.2, 0.25) is 5.02 Å². The largest absolute Gasteiger partial charge is 0.356 e. The molecule has 0 bridgehead atoms. The second-order valence-electron chi connectivity index (χ2n) is 7.79. The maximum absolute atomic E-state index is 12.6. The van der Waals surface area contributed by atoms with Gasteiger partial charge in [0.25, 0.3) is 5.91 Å². The van der Waals surface area contributed by atoms with Crippen molar-refractivity contribution in [1.82, 2.24) is 15.5 Å². The number of amides is 4.